The second kappa shape index (κ2) is 9.22. The Kier molecular flexibility index (Phi) is 6.39. The van der Waals surface area contributed by atoms with Crippen LogP contribution in [-0.2, 0) is 0 Å². The molecule has 32 heavy (non-hydrogen) atoms. The van der Waals surface area contributed by atoms with E-state index in [0.29, 0.717) is 6.54 Å². The predicted molar refractivity (Wildman–Crippen MR) is 130 cm³/mol. The number of nitrogens with one attached hydrogen (secondary N) is 1. The van der Waals surface area contributed by atoms with Gasteiger partial charge in [0.1, 0.15) is 28.0 Å². The number of halogens is 1. The molecule has 1 unspecified atom stereocenters. The Morgan fingerprint density at radius 1 is 1.03 bits per heavy atom. The van der Waals surface area contributed by atoms with Gasteiger partial charge in [-0.3, -0.25) is 0 Å². The highest BCUT2D eigenvalue weighted by atomic mass is 32.1. The summed E-state index contributed by atoms with van der Waals surface area (Å²) in [5.74, 6) is 2.11. The first kappa shape index (κ1) is 22.2. The Morgan fingerprint density at radius 2 is 1.72 bits per heavy atom. The van der Waals surface area contributed by atoms with Crippen LogP contribution in [0.2, 0.25) is 0 Å². The van der Waals surface area contributed by atoms with Crippen LogP contribution in [0.4, 0.5) is 10.2 Å². The van der Waals surface area contributed by atoms with Crippen LogP contribution in [-0.4, -0.2) is 42.6 Å². The number of rotatable bonds is 7. The molecule has 2 aromatic carbocycles. The first-order chi connectivity index (χ1) is 15.4. The predicted octanol–water partition coefficient (Wildman–Crippen LogP) is 5.84. The minimum atomic E-state index is -0.246. The molecule has 0 fully saturated rings. The highest BCUT2D eigenvalue weighted by Gasteiger charge is 2.20. The smallest absolute Gasteiger partial charge is 0.139 e. The van der Waals surface area contributed by atoms with E-state index in [-0.39, 0.29) is 11.9 Å². The molecule has 1 atom stereocenters. The van der Waals surface area contributed by atoms with Crippen molar-refractivity contribution in [2.24, 2.45) is 0 Å². The lowest BCUT2D eigenvalue weighted by molar-refractivity contribution is 0.311. The summed E-state index contributed by atoms with van der Waals surface area (Å²) in [6, 6.07) is 14.9. The normalized spacial score (nSPS) is 12.3. The van der Waals surface area contributed by atoms with Gasteiger partial charge in [0.2, 0.25) is 0 Å². The van der Waals surface area contributed by atoms with Gasteiger partial charge in [-0.15, -0.1) is 11.3 Å². The van der Waals surface area contributed by atoms with Crippen molar-refractivity contribution < 1.29 is 9.13 Å². The first-order valence-corrected chi connectivity index (χ1v) is 11.3. The Bertz CT molecular complexity index is 1220. The van der Waals surface area contributed by atoms with E-state index >= 15 is 0 Å². The van der Waals surface area contributed by atoms with Crippen molar-refractivity contribution in [2.45, 2.75) is 19.9 Å². The van der Waals surface area contributed by atoms with E-state index in [4.69, 9.17) is 9.72 Å². The molecule has 0 aliphatic carbocycles. The third-order valence-electron chi connectivity index (χ3n) is 5.56. The highest BCUT2D eigenvalue weighted by Crippen LogP contribution is 2.41. The minimum absolute atomic E-state index is 0.139. The van der Waals surface area contributed by atoms with Crippen molar-refractivity contribution in [1.82, 2.24) is 14.9 Å². The van der Waals surface area contributed by atoms with Gasteiger partial charge in [0.25, 0.3) is 0 Å². The van der Waals surface area contributed by atoms with Crippen LogP contribution >= 0.6 is 11.3 Å². The number of methoxy groups -OCH3 is 1. The quantitative estimate of drug-likeness (QED) is 0.383. The van der Waals surface area contributed by atoms with E-state index < -0.39 is 0 Å². The number of hydrogen-bond donors (Lipinski definition) is 1. The lowest BCUT2D eigenvalue weighted by Gasteiger charge is -2.26. The van der Waals surface area contributed by atoms with Gasteiger partial charge >= 0.3 is 0 Å². The van der Waals surface area contributed by atoms with Crippen molar-refractivity contribution >= 4 is 27.4 Å². The van der Waals surface area contributed by atoms with E-state index in [1.54, 1.807) is 18.4 Å². The van der Waals surface area contributed by atoms with E-state index in [1.807, 2.05) is 31.2 Å². The Hall–Kier alpha value is -3.03. The van der Waals surface area contributed by atoms with Gasteiger partial charge in [-0.05, 0) is 63.3 Å². The third-order valence-corrected chi connectivity index (χ3v) is 6.56. The molecule has 0 saturated heterocycles. The Labute approximate surface area is 191 Å². The molecule has 2 aromatic heterocycles. The molecule has 2 heterocycles. The second-order valence-electron chi connectivity index (χ2n) is 7.97. The number of hydrogen-bond acceptors (Lipinski definition) is 6. The molecule has 0 spiro atoms. The minimum Gasteiger partial charge on any atom is -0.497 e. The number of aryl methyl sites for hydroxylation is 2. The van der Waals surface area contributed by atoms with Crippen molar-refractivity contribution in [1.29, 1.82) is 0 Å². The molecule has 0 amide bonds. The maximum atomic E-state index is 13.5. The van der Waals surface area contributed by atoms with Gasteiger partial charge in [0.15, 0.2) is 0 Å². The molecular formula is C25H27FN4OS. The number of aromatic nitrogens is 2. The maximum absolute atomic E-state index is 13.5. The van der Waals surface area contributed by atoms with Gasteiger partial charge in [0.05, 0.1) is 18.5 Å². The molecule has 7 heteroatoms. The van der Waals surface area contributed by atoms with Gasteiger partial charge in [-0.1, -0.05) is 24.3 Å². The Morgan fingerprint density at radius 3 is 2.34 bits per heavy atom. The summed E-state index contributed by atoms with van der Waals surface area (Å²) in [6.45, 7) is 4.65. The summed E-state index contributed by atoms with van der Waals surface area (Å²) in [5.41, 5.74) is 3.20. The zero-order valence-corrected chi connectivity index (χ0v) is 19.8. The molecule has 0 aliphatic heterocycles. The highest BCUT2D eigenvalue weighted by molar-refractivity contribution is 7.19. The average Bonchev–Trinajstić information content (AvgIpc) is 3.10. The van der Waals surface area contributed by atoms with E-state index in [1.165, 1.54) is 17.7 Å². The van der Waals surface area contributed by atoms with Crippen LogP contribution in [0.3, 0.4) is 0 Å². The monoisotopic (exact) mass is 450 g/mol. The van der Waals surface area contributed by atoms with Crippen LogP contribution in [0.1, 0.15) is 22.3 Å². The molecule has 0 aliphatic rings. The van der Waals surface area contributed by atoms with Crippen LogP contribution < -0.4 is 10.1 Å². The van der Waals surface area contributed by atoms with Gasteiger partial charge in [-0.25, -0.2) is 14.4 Å². The largest absolute Gasteiger partial charge is 0.497 e. The molecule has 166 valence electrons. The van der Waals surface area contributed by atoms with Gasteiger partial charge in [0, 0.05) is 17.0 Å². The molecular weight excluding hydrogens is 423 g/mol. The number of nitrogens with zero attached hydrogens (tertiary/aromatic N) is 3. The van der Waals surface area contributed by atoms with Crippen molar-refractivity contribution in [3.63, 3.8) is 0 Å². The second-order valence-corrected chi connectivity index (χ2v) is 9.18. The van der Waals surface area contributed by atoms with Crippen molar-refractivity contribution in [3.05, 3.63) is 70.6 Å². The van der Waals surface area contributed by atoms with Crippen LogP contribution in [0.15, 0.2) is 48.5 Å². The van der Waals surface area contributed by atoms with Crippen LogP contribution in [0, 0.1) is 19.7 Å². The third kappa shape index (κ3) is 4.45. The molecule has 1 N–H and O–H groups in total. The number of fused-ring (bicyclic) bond motifs is 1. The summed E-state index contributed by atoms with van der Waals surface area (Å²) < 4.78 is 18.8. The average molecular weight is 451 g/mol. The van der Waals surface area contributed by atoms with Gasteiger partial charge in [-0.2, -0.15) is 0 Å². The van der Waals surface area contributed by atoms with Crippen molar-refractivity contribution in [3.8, 4) is 16.9 Å². The summed E-state index contributed by atoms with van der Waals surface area (Å²) >= 11 is 1.64. The summed E-state index contributed by atoms with van der Waals surface area (Å²) in [5, 5.41) is 4.56. The summed E-state index contributed by atoms with van der Waals surface area (Å²) in [6.07, 6.45) is 0. The topological polar surface area (TPSA) is 50.3 Å². The van der Waals surface area contributed by atoms with E-state index in [2.05, 4.69) is 48.4 Å². The lowest BCUT2D eigenvalue weighted by Crippen LogP contribution is -2.27. The van der Waals surface area contributed by atoms with E-state index in [0.717, 1.165) is 43.6 Å². The first-order valence-electron chi connectivity index (χ1n) is 10.4. The molecule has 4 rings (SSSR count). The summed E-state index contributed by atoms with van der Waals surface area (Å²) in [4.78, 5) is 13.7. The maximum Gasteiger partial charge on any atom is 0.139 e. The van der Waals surface area contributed by atoms with Crippen molar-refractivity contribution in [2.75, 3.05) is 33.1 Å². The number of ether oxygens (including phenoxy) is 1. The fraction of sp³-hybridized carbons (Fsp3) is 0.280. The number of thiophene rings is 1. The molecule has 4 aromatic rings. The van der Waals surface area contributed by atoms with Crippen LogP contribution in [0.25, 0.3) is 21.3 Å². The fourth-order valence-electron chi connectivity index (χ4n) is 3.93. The Balaban J connectivity index is 1.72. The molecule has 0 radical (unpaired) electrons. The van der Waals surface area contributed by atoms with E-state index in [9.17, 15) is 4.39 Å². The number of anilines is 1. The van der Waals surface area contributed by atoms with Crippen LogP contribution in [0.5, 0.6) is 5.75 Å². The zero-order chi connectivity index (χ0) is 22.8. The standard InChI is InChI=1S/C25H27FN4OS/c1-15-22(18-6-10-19(26)11-7-18)23-24(28-16(2)29-25(23)32-15)27-14-21(30(3)4)17-8-12-20(31-5)13-9-17/h6-13,21H,14H2,1-5H3,(H,27,28,29). The van der Waals surface area contributed by atoms with Gasteiger partial charge < -0.3 is 15.0 Å². The lowest BCUT2D eigenvalue weighted by atomic mass is 10.0. The molecule has 0 bridgehead atoms. The summed E-state index contributed by atoms with van der Waals surface area (Å²) in [7, 11) is 5.80. The molecule has 5 nitrogen and oxygen atoms in total. The fourth-order valence-corrected chi connectivity index (χ4v) is 5.02. The SMILES string of the molecule is COc1ccc(C(CNc2nc(C)nc3sc(C)c(-c4ccc(F)cc4)c23)N(C)C)cc1. The zero-order valence-electron chi connectivity index (χ0n) is 18.9. The number of likely N-dealkylation sites (N-methyl/N-ethyl adjacent to an activating group) is 1. The molecule has 0 saturated carbocycles. The number of benzene rings is 2.